The van der Waals surface area contributed by atoms with E-state index in [2.05, 4.69) is 5.32 Å². The average molecular weight is 233 g/mol. The molecule has 0 saturated carbocycles. The van der Waals surface area contributed by atoms with Gasteiger partial charge in [0.1, 0.15) is 11.6 Å². The van der Waals surface area contributed by atoms with E-state index in [0.717, 1.165) is 0 Å². The molecule has 1 fully saturated rings. The van der Waals surface area contributed by atoms with E-state index in [0.29, 0.717) is 24.4 Å². The van der Waals surface area contributed by atoms with Crippen LogP contribution in [0.15, 0.2) is 18.2 Å². The van der Waals surface area contributed by atoms with Crippen molar-refractivity contribution >= 4 is 12.4 Å². The normalized spacial score (nSPS) is 17.5. The Bertz CT molecular complexity index is 355. The number of nitrogens with one attached hydrogen (secondary N) is 1. The molecule has 1 aromatic carbocycles. The van der Waals surface area contributed by atoms with Gasteiger partial charge in [0.2, 0.25) is 0 Å². The molecule has 1 saturated heterocycles. The third-order valence-corrected chi connectivity index (χ3v) is 2.59. The van der Waals surface area contributed by atoms with Crippen LogP contribution in [0, 0.1) is 5.82 Å². The first-order chi connectivity index (χ1) is 6.65. The predicted molar refractivity (Wildman–Crippen MR) is 58.9 cm³/mol. The zero-order valence-corrected chi connectivity index (χ0v) is 9.23. The van der Waals surface area contributed by atoms with Gasteiger partial charge in [-0.15, -0.1) is 12.4 Å². The Kier molecular flexibility index (Phi) is 3.54. The highest BCUT2D eigenvalue weighted by Crippen LogP contribution is 2.27. The first-order valence-corrected chi connectivity index (χ1v) is 4.49. The Morgan fingerprint density at radius 2 is 2.13 bits per heavy atom. The fourth-order valence-electron chi connectivity index (χ4n) is 1.61. The lowest BCUT2D eigenvalue weighted by molar-refractivity contribution is 0.277. The van der Waals surface area contributed by atoms with Gasteiger partial charge in [-0.2, -0.15) is 0 Å². The van der Waals surface area contributed by atoms with Crippen molar-refractivity contribution in [2.24, 2.45) is 5.73 Å². The number of methoxy groups -OCH3 is 1. The maximum atomic E-state index is 13.6. The molecule has 3 nitrogen and oxygen atoms in total. The van der Waals surface area contributed by atoms with E-state index in [1.807, 2.05) is 0 Å². The van der Waals surface area contributed by atoms with Crippen LogP contribution in [0.5, 0.6) is 5.75 Å². The number of halogens is 2. The molecule has 0 amide bonds. The Hall–Kier alpha value is -0.840. The van der Waals surface area contributed by atoms with Gasteiger partial charge >= 0.3 is 0 Å². The molecule has 2 rings (SSSR count). The molecule has 1 aliphatic rings. The van der Waals surface area contributed by atoms with E-state index in [1.165, 1.54) is 13.2 Å². The molecule has 3 N–H and O–H groups in total. The van der Waals surface area contributed by atoms with E-state index in [4.69, 9.17) is 10.5 Å². The minimum absolute atomic E-state index is 0. The van der Waals surface area contributed by atoms with Gasteiger partial charge < -0.3 is 15.8 Å². The van der Waals surface area contributed by atoms with Crippen molar-refractivity contribution in [3.05, 3.63) is 29.6 Å². The molecule has 1 aliphatic heterocycles. The van der Waals surface area contributed by atoms with E-state index in [1.54, 1.807) is 12.1 Å². The molecule has 0 spiro atoms. The van der Waals surface area contributed by atoms with Crippen LogP contribution >= 0.6 is 12.4 Å². The quantitative estimate of drug-likeness (QED) is 0.800. The van der Waals surface area contributed by atoms with Crippen LogP contribution in [0.4, 0.5) is 4.39 Å². The van der Waals surface area contributed by atoms with Crippen molar-refractivity contribution in [3.63, 3.8) is 0 Å². The van der Waals surface area contributed by atoms with Gasteiger partial charge in [-0.05, 0) is 6.07 Å². The summed E-state index contributed by atoms with van der Waals surface area (Å²) in [6.07, 6.45) is 0. The van der Waals surface area contributed by atoms with E-state index in [9.17, 15) is 4.39 Å². The Morgan fingerprint density at radius 1 is 1.47 bits per heavy atom. The number of ether oxygens (including phenoxy) is 1. The first kappa shape index (κ1) is 12.2. The predicted octanol–water partition coefficient (Wildman–Crippen LogP) is 1.01. The minimum Gasteiger partial charge on any atom is -0.497 e. The third-order valence-electron chi connectivity index (χ3n) is 2.59. The summed E-state index contributed by atoms with van der Waals surface area (Å²) in [5.41, 5.74) is 5.98. The van der Waals surface area contributed by atoms with E-state index in [-0.39, 0.29) is 18.2 Å². The summed E-state index contributed by atoms with van der Waals surface area (Å²) in [6.45, 7) is 1.24. The topological polar surface area (TPSA) is 47.3 Å². The highest BCUT2D eigenvalue weighted by Gasteiger charge is 2.36. The van der Waals surface area contributed by atoms with Gasteiger partial charge in [-0.1, -0.05) is 6.07 Å². The van der Waals surface area contributed by atoms with Crippen LogP contribution in [0.2, 0.25) is 0 Å². The molecule has 1 aromatic rings. The zero-order valence-electron chi connectivity index (χ0n) is 8.42. The smallest absolute Gasteiger partial charge is 0.132 e. The maximum Gasteiger partial charge on any atom is 0.132 e. The van der Waals surface area contributed by atoms with E-state index >= 15 is 0 Å². The fraction of sp³-hybridized carbons (Fsp3) is 0.400. The third kappa shape index (κ3) is 2.07. The summed E-state index contributed by atoms with van der Waals surface area (Å²) in [5.74, 6) is 0.218. The summed E-state index contributed by atoms with van der Waals surface area (Å²) < 4.78 is 18.5. The highest BCUT2D eigenvalue weighted by molar-refractivity contribution is 5.85. The average Bonchev–Trinajstić information content (AvgIpc) is 2.14. The molecule has 15 heavy (non-hydrogen) atoms. The first-order valence-electron chi connectivity index (χ1n) is 4.49. The Labute approximate surface area is 94.2 Å². The molecule has 0 atom stereocenters. The zero-order chi connectivity index (χ0) is 10.2. The summed E-state index contributed by atoms with van der Waals surface area (Å²) in [5, 5.41) is 3.03. The second kappa shape index (κ2) is 4.35. The van der Waals surface area contributed by atoms with Crippen LogP contribution in [0.1, 0.15) is 5.56 Å². The molecule has 84 valence electrons. The van der Waals surface area contributed by atoms with Crippen LogP contribution in [-0.2, 0) is 5.54 Å². The SMILES string of the molecule is COc1ccc(C2(N)CNC2)c(F)c1.Cl. The maximum absolute atomic E-state index is 13.6. The lowest BCUT2D eigenvalue weighted by atomic mass is 9.85. The monoisotopic (exact) mass is 232 g/mol. The Balaban J connectivity index is 0.00000112. The van der Waals surface area contributed by atoms with Crippen molar-refractivity contribution < 1.29 is 9.13 Å². The molecular weight excluding hydrogens is 219 g/mol. The van der Waals surface area contributed by atoms with Crippen molar-refractivity contribution in [2.75, 3.05) is 20.2 Å². The summed E-state index contributed by atoms with van der Waals surface area (Å²) in [6, 6.07) is 4.78. The summed E-state index contributed by atoms with van der Waals surface area (Å²) in [4.78, 5) is 0. The van der Waals surface area contributed by atoms with Gasteiger partial charge in [-0.25, -0.2) is 4.39 Å². The molecule has 0 aliphatic carbocycles. The van der Waals surface area contributed by atoms with Gasteiger partial charge in [0.15, 0.2) is 0 Å². The van der Waals surface area contributed by atoms with Crippen LogP contribution < -0.4 is 15.8 Å². The van der Waals surface area contributed by atoms with Crippen molar-refractivity contribution in [2.45, 2.75) is 5.54 Å². The number of nitrogens with two attached hydrogens (primary N) is 1. The largest absolute Gasteiger partial charge is 0.497 e. The number of hydrogen-bond donors (Lipinski definition) is 2. The second-order valence-electron chi connectivity index (χ2n) is 3.61. The summed E-state index contributed by atoms with van der Waals surface area (Å²) in [7, 11) is 1.51. The van der Waals surface area contributed by atoms with Gasteiger partial charge in [-0.3, -0.25) is 0 Å². The highest BCUT2D eigenvalue weighted by atomic mass is 35.5. The molecule has 0 bridgehead atoms. The lowest BCUT2D eigenvalue weighted by Crippen LogP contribution is -2.63. The minimum atomic E-state index is -0.545. The van der Waals surface area contributed by atoms with Gasteiger partial charge in [0.05, 0.1) is 12.6 Å². The number of rotatable bonds is 2. The molecule has 5 heteroatoms. The van der Waals surface area contributed by atoms with Gasteiger partial charge in [0.25, 0.3) is 0 Å². The van der Waals surface area contributed by atoms with Crippen LogP contribution in [-0.4, -0.2) is 20.2 Å². The molecule has 0 unspecified atom stereocenters. The Morgan fingerprint density at radius 3 is 2.53 bits per heavy atom. The van der Waals surface area contributed by atoms with Crippen LogP contribution in [0.3, 0.4) is 0 Å². The van der Waals surface area contributed by atoms with Crippen molar-refractivity contribution in [1.82, 2.24) is 5.32 Å². The lowest BCUT2D eigenvalue weighted by Gasteiger charge is -2.39. The van der Waals surface area contributed by atoms with Crippen molar-refractivity contribution in [3.8, 4) is 5.75 Å². The second-order valence-corrected chi connectivity index (χ2v) is 3.61. The number of hydrogen-bond acceptors (Lipinski definition) is 3. The van der Waals surface area contributed by atoms with Gasteiger partial charge in [0, 0.05) is 24.7 Å². The summed E-state index contributed by atoms with van der Waals surface area (Å²) >= 11 is 0. The molecular formula is C10H14ClFN2O. The van der Waals surface area contributed by atoms with Crippen molar-refractivity contribution in [1.29, 1.82) is 0 Å². The number of benzene rings is 1. The van der Waals surface area contributed by atoms with E-state index < -0.39 is 5.54 Å². The van der Waals surface area contributed by atoms with Crippen LogP contribution in [0.25, 0.3) is 0 Å². The molecule has 1 heterocycles. The standard InChI is InChI=1S/C10H13FN2O.ClH/c1-14-7-2-3-8(9(11)4-7)10(12)5-13-6-10;/h2-4,13H,5-6,12H2,1H3;1H. The molecule has 0 aromatic heterocycles. The fourth-order valence-corrected chi connectivity index (χ4v) is 1.61. The molecule has 0 radical (unpaired) electrons.